The molecule has 1 amide bonds. The quantitative estimate of drug-likeness (QED) is 0.744. The number of carbonyl (C=O) groups is 2. The van der Waals surface area contributed by atoms with Crippen LogP contribution in [0.1, 0.15) is 24.3 Å². The Morgan fingerprint density at radius 1 is 1.39 bits per heavy atom. The molecule has 0 saturated carbocycles. The summed E-state index contributed by atoms with van der Waals surface area (Å²) in [7, 11) is 0. The zero-order valence-corrected chi connectivity index (χ0v) is 10.3. The van der Waals surface area contributed by atoms with Gasteiger partial charge in [-0.05, 0) is 18.1 Å². The second-order valence-electron chi connectivity index (χ2n) is 4.31. The van der Waals surface area contributed by atoms with Crippen molar-refractivity contribution in [2.24, 2.45) is 11.7 Å². The van der Waals surface area contributed by atoms with Gasteiger partial charge in [-0.1, -0.05) is 13.8 Å². The van der Waals surface area contributed by atoms with Crippen LogP contribution in [0.3, 0.4) is 0 Å². The van der Waals surface area contributed by atoms with E-state index < -0.39 is 11.9 Å². The molecule has 18 heavy (non-hydrogen) atoms. The average Bonchev–Trinajstić information content (AvgIpc) is 2.27. The number of anilines is 1. The van der Waals surface area contributed by atoms with Gasteiger partial charge in [0.1, 0.15) is 6.54 Å². The van der Waals surface area contributed by atoms with E-state index in [2.05, 4.69) is 10.2 Å². The number of aromatic nitrogens is 2. The first-order chi connectivity index (χ1) is 8.40. The van der Waals surface area contributed by atoms with E-state index in [0.29, 0.717) is 12.4 Å². The minimum absolute atomic E-state index is 0.0542. The molecule has 98 valence electrons. The van der Waals surface area contributed by atoms with Crippen LogP contribution in [-0.2, 0) is 4.79 Å². The van der Waals surface area contributed by atoms with Crippen LogP contribution in [0.15, 0.2) is 12.1 Å². The van der Waals surface area contributed by atoms with Crippen LogP contribution in [-0.4, -0.2) is 40.3 Å². The van der Waals surface area contributed by atoms with E-state index in [1.54, 1.807) is 11.0 Å². The van der Waals surface area contributed by atoms with E-state index in [9.17, 15) is 9.59 Å². The van der Waals surface area contributed by atoms with Crippen molar-refractivity contribution >= 4 is 17.7 Å². The number of carbonyl (C=O) groups excluding carboxylic acids is 1. The number of carboxylic acid groups (broad SMARTS) is 1. The maximum absolute atomic E-state index is 10.8. The lowest BCUT2D eigenvalue weighted by Crippen LogP contribution is -2.34. The van der Waals surface area contributed by atoms with Crippen LogP contribution in [0.5, 0.6) is 0 Å². The first-order valence-corrected chi connectivity index (χ1v) is 5.50. The highest BCUT2D eigenvalue weighted by molar-refractivity contribution is 5.90. The van der Waals surface area contributed by atoms with Gasteiger partial charge in [-0.3, -0.25) is 9.59 Å². The number of nitrogens with zero attached hydrogens (tertiary/aromatic N) is 3. The van der Waals surface area contributed by atoms with Crippen molar-refractivity contribution in [3.63, 3.8) is 0 Å². The summed E-state index contributed by atoms with van der Waals surface area (Å²) in [6.45, 7) is 4.32. The summed E-state index contributed by atoms with van der Waals surface area (Å²) < 4.78 is 0. The molecule has 7 heteroatoms. The van der Waals surface area contributed by atoms with E-state index in [1.807, 2.05) is 13.8 Å². The summed E-state index contributed by atoms with van der Waals surface area (Å²) in [5.74, 6) is -0.919. The SMILES string of the molecule is CC(C)CN(CC(=O)O)c1ccc(C(N)=O)nn1. The van der Waals surface area contributed by atoms with Crippen molar-refractivity contribution in [3.8, 4) is 0 Å². The van der Waals surface area contributed by atoms with Gasteiger partial charge in [0.2, 0.25) is 0 Å². The Balaban J connectivity index is 2.90. The molecule has 1 rings (SSSR count). The fourth-order valence-electron chi connectivity index (χ4n) is 1.47. The maximum Gasteiger partial charge on any atom is 0.323 e. The molecule has 0 spiro atoms. The molecule has 0 aromatic carbocycles. The van der Waals surface area contributed by atoms with Crippen LogP contribution >= 0.6 is 0 Å². The van der Waals surface area contributed by atoms with E-state index in [4.69, 9.17) is 10.8 Å². The number of primary amides is 1. The Labute approximate surface area is 105 Å². The lowest BCUT2D eigenvalue weighted by Gasteiger charge is -2.23. The molecule has 1 heterocycles. The standard InChI is InChI=1S/C11H16N4O3/c1-7(2)5-15(6-10(16)17)9-4-3-8(11(12)18)13-14-9/h3-4,7H,5-6H2,1-2H3,(H2,12,18)(H,16,17). The smallest absolute Gasteiger partial charge is 0.323 e. The molecular formula is C11H16N4O3. The van der Waals surface area contributed by atoms with Crippen LogP contribution in [0.2, 0.25) is 0 Å². The Bertz CT molecular complexity index is 430. The normalized spacial score (nSPS) is 10.4. The molecule has 0 bridgehead atoms. The van der Waals surface area contributed by atoms with E-state index in [0.717, 1.165) is 0 Å². The van der Waals surface area contributed by atoms with Crippen molar-refractivity contribution in [2.45, 2.75) is 13.8 Å². The predicted octanol–water partition coefficient (Wildman–Crippen LogP) is 0.122. The van der Waals surface area contributed by atoms with Crippen LogP contribution in [0.25, 0.3) is 0 Å². The molecule has 0 aliphatic heterocycles. The fraction of sp³-hybridized carbons (Fsp3) is 0.455. The summed E-state index contributed by atoms with van der Waals surface area (Å²) in [5, 5.41) is 16.3. The third-order valence-corrected chi connectivity index (χ3v) is 2.14. The monoisotopic (exact) mass is 252 g/mol. The second-order valence-corrected chi connectivity index (χ2v) is 4.31. The zero-order chi connectivity index (χ0) is 13.7. The van der Waals surface area contributed by atoms with Crippen LogP contribution < -0.4 is 10.6 Å². The molecule has 1 aromatic rings. The van der Waals surface area contributed by atoms with Crippen molar-refractivity contribution in [1.29, 1.82) is 0 Å². The molecule has 3 N–H and O–H groups in total. The molecule has 0 fully saturated rings. The second kappa shape index (κ2) is 5.95. The Hall–Kier alpha value is -2.18. The first kappa shape index (κ1) is 13.9. The third kappa shape index (κ3) is 4.00. The van der Waals surface area contributed by atoms with Gasteiger partial charge in [0.25, 0.3) is 5.91 Å². The molecule has 0 unspecified atom stereocenters. The molecular weight excluding hydrogens is 236 g/mol. The Morgan fingerprint density at radius 2 is 2.06 bits per heavy atom. The maximum atomic E-state index is 10.8. The molecule has 0 radical (unpaired) electrons. The largest absolute Gasteiger partial charge is 0.480 e. The highest BCUT2D eigenvalue weighted by Crippen LogP contribution is 2.11. The Kier molecular flexibility index (Phi) is 4.59. The molecule has 0 saturated heterocycles. The van der Waals surface area contributed by atoms with Gasteiger partial charge < -0.3 is 15.7 Å². The number of hydrogen-bond acceptors (Lipinski definition) is 5. The van der Waals surface area contributed by atoms with Crippen LogP contribution in [0, 0.1) is 5.92 Å². The highest BCUT2D eigenvalue weighted by Gasteiger charge is 2.14. The molecule has 0 aliphatic carbocycles. The highest BCUT2D eigenvalue weighted by atomic mass is 16.4. The number of hydrogen-bond donors (Lipinski definition) is 2. The van der Waals surface area contributed by atoms with Gasteiger partial charge >= 0.3 is 5.97 Å². The third-order valence-electron chi connectivity index (χ3n) is 2.14. The van der Waals surface area contributed by atoms with Gasteiger partial charge in [0.15, 0.2) is 11.5 Å². The molecule has 7 nitrogen and oxygen atoms in total. The first-order valence-electron chi connectivity index (χ1n) is 5.50. The lowest BCUT2D eigenvalue weighted by molar-refractivity contribution is -0.135. The molecule has 1 aromatic heterocycles. The number of amides is 1. The van der Waals surface area contributed by atoms with Crippen molar-refractivity contribution in [3.05, 3.63) is 17.8 Å². The predicted molar refractivity (Wildman–Crippen MR) is 65.2 cm³/mol. The van der Waals surface area contributed by atoms with Gasteiger partial charge in [-0.2, -0.15) is 0 Å². The van der Waals surface area contributed by atoms with Crippen molar-refractivity contribution < 1.29 is 14.7 Å². The zero-order valence-electron chi connectivity index (χ0n) is 10.3. The molecule has 0 aliphatic rings. The summed E-state index contributed by atoms with van der Waals surface area (Å²) in [6.07, 6.45) is 0. The number of aliphatic carboxylic acids is 1. The lowest BCUT2D eigenvalue weighted by atomic mass is 10.2. The summed E-state index contributed by atoms with van der Waals surface area (Å²) in [4.78, 5) is 23.2. The number of rotatable bonds is 6. The fourth-order valence-corrected chi connectivity index (χ4v) is 1.47. The van der Waals surface area contributed by atoms with E-state index >= 15 is 0 Å². The van der Waals surface area contributed by atoms with E-state index in [-0.39, 0.29) is 18.2 Å². The van der Waals surface area contributed by atoms with Crippen molar-refractivity contribution in [2.75, 3.05) is 18.0 Å². The Morgan fingerprint density at radius 3 is 2.44 bits per heavy atom. The summed E-state index contributed by atoms with van der Waals surface area (Å²) in [5.41, 5.74) is 5.11. The van der Waals surface area contributed by atoms with Gasteiger partial charge in [-0.25, -0.2) is 0 Å². The minimum atomic E-state index is -0.948. The number of nitrogens with two attached hydrogens (primary N) is 1. The van der Waals surface area contributed by atoms with Gasteiger partial charge in [-0.15, -0.1) is 10.2 Å². The topological polar surface area (TPSA) is 109 Å². The summed E-state index contributed by atoms with van der Waals surface area (Å²) >= 11 is 0. The average molecular weight is 252 g/mol. The van der Waals surface area contributed by atoms with Crippen molar-refractivity contribution in [1.82, 2.24) is 10.2 Å². The summed E-state index contributed by atoms with van der Waals surface area (Å²) in [6, 6.07) is 2.97. The molecule has 0 atom stereocenters. The van der Waals surface area contributed by atoms with Crippen LogP contribution in [0.4, 0.5) is 5.82 Å². The van der Waals surface area contributed by atoms with Gasteiger partial charge in [0, 0.05) is 6.54 Å². The van der Waals surface area contributed by atoms with E-state index in [1.165, 1.54) is 6.07 Å². The number of carboxylic acids is 1. The van der Waals surface area contributed by atoms with Gasteiger partial charge in [0.05, 0.1) is 0 Å². The minimum Gasteiger partial charge on any atom is -0.480 e.